The van der Waals surface area contributed by atoms with Crippen LogP contribution < -0.4 is 10.2 Å². The van der Waals surface area contributed by atoms with Crippen LogP contribution in [0.15, 0.2) is 43.0 Å². The molecule has 3 aliphatic heterocycles. The van der Waals surface area contributed by atoms with Crippen LogP contribution in [0.25, 0.3) is 0 Å². The van der Waals surface area contributed by atoms with Crippen LogP contribution in [0.5, 0.6) is 0 Å². The van der Waals surface area contributed by atoms with Crippen LogP contribution in [0.2, 0.25) is 20.1 Å². The highest BCUT2D eigenvalue weighted by Crippen LogP contribution is 2.61. The summed E-state index contributed by atoms with van der Waals surface area (Å²) in [5.74, 6) is -8.28. The van der Waals surface area contributed by atoms with Crippen molar-refractivity contribution in [3.63, 3.8) is 0 Å². The number of hydrogen-bond acceptors (Lipinski definition) is 5. The van der Waals surface area contributed by atoms with Crippen molar-refractivity contribution in [1.29, 1.82) is 0 Å². The maximum Gasteiger partial charge on any atom is 0.312 e. The average molecular weight is 659 g/mol. The molecule has 4 atom stereocenters. The summed E-state index contributed by atoms with van der Waals surface area (Å²) in [5, 5.41) is 3.44. The number of carbonyl (C=O) groups is 3. The summed E-state index contributed by atoms with van der Waals surface area (Å²) >= 11 is 25.4. The zero-order chi connectivity index (χ0) is 30.1. The van der Waals surface area contributed by atoms with Gasteiger partial charge in [0.25, 0.3) is 11.8 Å². The first-order chi connectivity index (χ1) is 19.9. The summed E-state index contributed by atoms with van der Waals surface area (Å²) in [7, 11) is 0. The van der Waals surface area contributed by atoms with Gasteiger partial charge in [0.05, 0.1) is 23.2 Å². The summed E-state index contributed by atoms with van der Waals surface area (Å²) in [6.07, 6.45) is 2.34. The smallest absolute Gasteiger partial charge is 0.312 e. The summed E-state index contributed by atoms with van der Waals surface area (Å²) in [5.41, 5.74) is -1.39. The molecule has 7 nitrogen and oxygen atoms in total. The Bertz CT molecular complexity index is 1500. The van der Waals surface area contributed by atoms with Gasteiger partial charge in [0.1, 0.15) is 18.1 Å². The number of anilines is 2. The van der Waals surface area contributed by atoms with Gasteiger partial charge in [-0.25, -0.2) is 8.78 Å². The van der Waals surface area contributed by atoms with Crippen LogP contribution in [0.4, 0.5) is 20.2 Å². The number of esters is 1. The van der Waals surface area contributed by atoms with E-state index in [2.05, 4.69) is 11.9 Å². The van der Waals surface area contributed by atoms with Crippen molar-refractivity contribution < 1.29 is 27.9 Å². The zero-order valence-electron chi connectivity index (χ0n) is 22.0. The molecule has 2 aromatic rings. The highest BCUT2D eigenvalue weighted by atomic mass is 35.5. The van der Waals surface area contributed by atoms with Gasteiger partial charge in [-0.2, -0.15) is 0 Å². The van der Waals surface area contributed by atoms with Crippen LogP contribution in [0, 0.1) is 17.8 Å². The predicted molar refractivity (Wildman–Crippen MR) is 157 cm³/mol. The van der Waals surface area contributed by atoms with E-state index in [4.69, 9.17) is 51.1 Å². The summed E-state index contributed by atoms with van der Waals surface area (Å²) in [6.45, 7) is 2.76. The first-order valence-electron chi connectivity index (χ1n) is 13.4. The summed E-state index contributed by atoms with van der Waals surface area (Å²) in [6, 6.07) is 6.26. The fourth-order valence-corrected chi connectivity index (χ4v) is 7.81. The molecule has 0 radical (unpaired) electrons. The second-order valence-corrected chi connectivity index (χ2v) is 12.9. The van der Waals surface area contributed by atoms with Crippen molar-refractivity contribution in [2.45, 2.75) is 36.8 Å². The lowest BCUT2D eigenvalue weighted by Gasteiger charge is -2.36. The largest absolute Gasteiger partial charge is 0.461 e. The standard InChI is InChI=1S/C29H25Cl4F2N3O4/c1-2-5-42-26(40)23-22(25(39)37(12-14-3-4-14)18-7-15(30)6-16(31)8-18)21-11-28(34,35)13-38(21)29(23)19-9-17(32)10-20(33)24(19)36-27(29)41/h2,6-10,14,21-23H,1,3-5,11-13H2,(H,36,41)/t21-,22+,23+,29?/m1/s1. The van der Waals surface area contributed by atoms with E-state index in [0.29, 0.717) is 5.69 Å². The van der Waals surface area contributed by atoms with Gasteiger partial charge < -0.3 is 15.0 Å². The average Bonchev–Trinajstić information content (AvgIpc) is 3.53. The molecule has 1 N–H and O–H groups in total. The van der Waals surface area contributed by atoms with Crippen molar-refractivity contribution in [2.75, 3.05) is 29.9 Å². The molecule has 3 fully saturated rings. The molecule has 1 spiro atoms. The van der Waals surface area contributed by atoms with Crippen molar-refractivity contribution >= 4 is 75.6 Å². The number of alkyl halides is 2. The van der Waals surface area contributed by atoms with Crippen LogP contribution in [-0.4, -0.2) is 54.3 Å². The fourth-order valence-electron chi connectivity index (χ4n) is 6.75. The molecule has 1 unspecified atom stereocenters. The van der Waals surface area contributed by atoms with E-state index in [1.807, 2.05) is 0 Å². The topological polar surface area (TPSA) is 79.0 Å². The minimum Gasteiger partial charge on any atom is -0.461 e. The monoisotopic (exact) mass is 657 g/mol. The number of halogens is 6. The molecule has 0 aromatic heterocycles. The van der Waals surface area contributed by atoms with E-state index >= 15 is 8.78 Å². The Morgan fingerprint density at radius 3 is 2.40 bits per heavy atom. The predicted octanol–water partition coefficient (Wildman–Crippen LogP) is 6.58. The Morgan fingerprint density at radius 1 is 1.10 bits per heavy atom. The number of nitrogens with zero attached hydrogens (tertiary/aromatic N) is 2. The molecule has 0 bridgehead atoms. The molecule has 1 saturated carbocycles. The van der Waals surface area contributed by atoms with Gasteiger partial charge >= 0.3 is 5.97 Å². The Balaban J connectivity index is 1.56. The lowest BCUT2D eigenvalue weighted by molar-refractivity contribution is -0.158. The maximum atomic E-state index is 15.3. The van der Waals surface area contributed by atoms with Gasteiger partial charge in [0.2, 0.25) is 5.91 Å². The molecule has 4 aliphatic rings. The highest BCUT2D eigenvalue weighted by Gasteiger charge is 2.75. The molecular formula is C29H25Cl4F2N3O4. The van der Waals surface area contributed by atoms with Crippen LogP contribution in [0.3, 0.4) is 0 Å². The van der Waals surface area contributed by atoms with E-state index in [1.54, 1.807) is 12.1 Å². The van der Waals surface area contributed by atoms with Crippen molar-refractivity contribution in [1.82, 2.24) is 4.90 Å². The quantitative estimate of drug-likeness (QED) is 0.269. The van der Waals surface area contributed by atoms with Crippen molar-refractivity contribution in [2.24, 2.45) is 17.8 Å². The van der Waals surface area contributed by atoms with E-state index < -0.39 is 60.1 Å². The van der Waals surface area contributed by atoms with E-state index in [1.165, 1.54) is 34.1 Å². The minimum absolute atomic E-state index is 0.0714. The van der Waals surface area contributed by atoms with Gasteiger partial charge in [-0.05, 0) is 49.1 Å². The van der Waals surface area contributed by atoms with Gasteiger partial charge in [-0.3, -0.25) is 19.3 Å². The van der Waals surface area contributed by atoms with E-state index in [9.17, 15) is 14.4 Å². The molecule has 13 heteroatoms. The Hall–Kier alpha value is -2.43. The summed E-state index contributed by atoms with van der Waals surface area (Å²) < 4.78 is 36.0. The number of fused-ring (bicyclic) bond motifs is 4. The van der Waals surface area contributed by atoms with Crippen LogP contribution in [0.1, 0.15) is 24.8 Å². The molecule has 2 saturated heterocycles. The first-order valence-corrected chi connectivity index (χ1v) is 14.9. The lowest BCUT2D eigenvalue weighted by Crippen LogP contribution is -2.55. The Kier molecular flexibility index (Phi) is 7.50. The van der Waals surface area contributed by atoms with Gasteiger partial charge in [-0.1, -0.05) is 59.1 Å². The Morgan fingerprint density at radius 2 is 1.76 bits per heavy atom. The van der Waals surface area contributed by atoms with Crippen LogP contribution >= 0.6 is 46.4 Å². The number of benzene rings is 2. The molecule has 2 aromatic carbocycles. The number of amides is 2. The van der Waals surface area contributed by atoms with E-state index in [0.717, 1.165) is 12.8 Å². The van der Waals surface area contributed by atoms with E-state index in [-0.39, 0.29) is 50.4 Å². The van der Waals surface area contributed by atoms with Crippen LogP contribution in [-0.2, 0) is 24.7 Å². The summed E-state index contributed by atoms with van der Waals surface area (Å²) in [4.78, 5) is 45.5. The molecule has 222 valence electrons. The second-order valence-electron chi connectivity index (χ2n) is 11.2. The first kappa shape index (κ1) is 29.6. The van der Waals surface area contributed by atoms with Gasteiger partial charge in [0, 0.05) is 45.3 Å². The fraction of sp³-hybridized carbons (Fsp3) is 0.414. The molecule has 42 heavy (non-hydrogen) atoms. The molecule has 3 heterocycles. The second kappa shape index (κ2) is 10.6. The number of ether oxygens (including phenoxy) is 1. The number of carbonyl (C=O) groups excluding carboxylic acids is 3. The number of hydrogen-bond donors (Lipinski definition) is 1. The van der Waals surface area contributed by atoms with Crippen molar-refractivity contribution in [3.8, 4) is 0 Å². The third kappa shape index (κ3) is 4.78. The third-order valence-corrected chi connectivity index (χ3v) is 9.43. The Labute approximate surface area is 260 Å². The minimum atomic E-state index is -3.25. The number of nitrogens with one attached hydrogen (secondary N) is 1. The SMILES string of the molecule is C=CCOC(=O)[C@@H]1[C@@H](C(=O)N(CC2CC2)c2cc(Cl)cc(Cl)c2)[C@H]2CC(F)(F)CN2C12C(=O)Nc1c(Cl)cc(Cl)cc12. The maximum absolute atomic E-state index is 15.3. The molecule has 6 rings (SSSR count). The highest BCUT2D eigenvalue weighted by molar-refractivity contribution is 6.38. The third-order valence-electron chi connectivity index (χ3n) is 8.48. The molecular weight excluding hydrogens is 634 g/mol. The van der Waals surface area contributed by atoms with Gasteiger partial charge in [-0.15, -0.1) is 0 Å². The molecule has 1 aliphatic carbocycles. The van der Waals surface area contributed by atoms with Crippen molar-refractivity contribution in [3.05, 3.63) is 68.6 Å². The zero-order valence-corrected chi connectivity index (χ0v) is 25.0. The normalized spacial score (nSPS) is 27.5. The number of rotatable bonds is 7. The van der Waals surface area contributed by atoms with Gasteiger partial charge in [0.15, 0.2) is 0 Å². The lowest BCUT2D eigenvalue weighted by atomic mass is 9.73. The molecule has 2 amide bonds.